The van der Waals surface area contributed by atoms with Gasteiger partial charge < -0.3 is 0 Å². The summed E-state index contributed by atoms with van der Waals surface area (Å²) in [6, 6.07) is 4.11. The van der Waals surface area contributed by atoms with Crippen molar-refractivity contribution in [1.82, 2.24) is 9.29 Å². The fraction of sp³-hybridized carbons (Fsp3) is 0.500. The highest BCUT2D eigenvalue weighted by molar-refractivity contribution is 7.97. The van der Waals surface area contributed by atoms with Crippen molar-refractivity contribution in [3.05, 3.63) is 24.5 Å². The molecule has 2 rings (SSSR count). The fourth-order valence-corrected chi connectivity index (χ4v) is 2.49. The van der Waals surface area contributed by atoms with E-state index in [-0.39, 0.29) is 0 Å². The van der Waals surface area contributed by atoms with Gasteiger partial charge in [-0.3, -0.25) is 4.98 Å². The number of nitrogens with zero attached hydrogens (tertiary/aromatic N) is 2. The minimum Gasteiger partial charge on any atom is -0.264 e. The molecule has 1 aromatic heterocycles. The number of aromatic nitrogens is 1. The molecule has 0 bridgehead atoms. The summed E-state index contributed by atoms with van der Waals surface area (Å²) in [6.07, 6.45) is 7.82. The molecular weight excluding hydrogens is 180 g/mol. The summed E-state index contributed by atoms with van der Waals surface area (Å²) < 4.78 is 2.43. The summed E-state index contributed by atoms with van der Waals surface area (Å²) >= 11 is 1.84. The van der Waals surface area contributed by atoms with Gasteiger partial charge in [0.15, 0.2) is 0 Å². The van der Waals surface area contributed by atoms with E-state index in [0.29, 0.717) is 0 Å². The van der Waals surface area contributed by atoms with Gasteiger partial charge in [0.05, 0.1) is 0 Å². The van der Waals surface area contributed by atoms with Crippen molar-refractivity contribution in [2.75, 3.05) is 13.1 Å². The normalized spacial score (nSPS) is 18.8. The lowest BCUT2D eigenvalue weighted by molar-refractivity contribution is 0.380. The first kappa shape index (κ1) is 9.03. The summed E-state index contributed by atoms with van der Waals surface area (Å²) in [5.74, 6) is 0. The highest BCUT2D eigenvalue weighted by Crippen LogP contribution is 2.24. The van der Waals surface area contributed by atoms with Gasteiger partial charge in [-0.05, 0) is 36.9 Å². The minimum atomic E-state index is 1.22. The first-order chi connectivity index (χ1) is 6.45. The van der Waals surface area contributed by atoms with Crippen molar-refractivity contribution < 1.29 is 0 Å². The van der Waals surface area contributed by atoms with Gasteiger partial charge >= 0.3 is 0 Å². The lowest BCUT2D eigenvalue weighted by atomic mass is 10.2. The van der Waals surface area contributed by atoms with E-state index in [1.54, 1.807) is 0 Å². The van der Waals surface area contributed by atoms with Crippen LogP contribution in [-0.2, 0) is 0 Å². The summed E-state index contributed by atoms with van der Waals surface area (Å²) in [5, 5.41) is 0. The maximum Gasteiger partial charge on any atom is 0.0417 e. The molecule has 0 aromatic carbocycles. The van der Waals surface area contributed by atoms with Gasteiger partial charge in [-0.25, -0.2) is 4.31 Å². The lowest BCUT2D eigenvalue weighted by Crippen LogP contribution is -2.22. The summed E-state index contributed by atoms with van der Waals surface area (Å²) in [7, 11) is 0. The molecule has 0 atom stereocenters. The van der Waals surface area contributed by atoms with Crippen LogP contribution < -0.4 is 0 Å². The van der Waals surface area contributed by atoms with Crippen LogP contribution in [0.15, 0.2) is 29.4 Å². The second-order valence-electron chi connectivity index (χ2n) is 3.27. The molecule has 0 spiro atoms. The maximum absolute atomic E-state index is 4.10. The predicted octanol–water partition coefficient (Wildman–Crippen LogP) is 2.57. The molecule has 0 N–H and O–H groups in total. The van der Waals surface area contributed by atoms with E-state index in [9.17, 15) is 0 Å². The molecule has 1 saturated heterocycles. The molecule has 70 valence electrons. The monoisotopic (exact) mass is 194 g/mol. The van der Waals surface area contributed by atoms with Crippen LogP contribution in [0, 0.1) is 0 Å². The van der Waals surface area contributed by atoms with E-state index >= 15 is 0 Å². The molecule has 13 heavy (non-hydrogen) atoms. The van der Waals surface area contributed by atoms with Gasteiger partial charge in [0, 0.05) is 30.4 Å². The number of rotatable bonds is 2. The van der Waals surface area contributed by atoms with Gasteiger partial charge in [-0.2, -0.15) is 0 Å². The number of piperidine rings is 1. The summed E-state index contributed by atoms with van der Waals surface area (Å²) in [6.45, 7) is 2.44. The second kappa shape index (κ2) is 4.63. The van der Waals surface area contributed by atoms with Crippen LogP contribution in [0.5, 0.6) is 0 Å². The van der Waals surface area contributed by atoms with Crippen LogP contribution in [0.4, 0.5) is 0 Å². The fourth-order valence-electron chi connectivity index (χ4n) is 1.51. The van der Waals surface area contributed by atoms with Crippen LogP contribution in [0.1, 0.15) is 19.3 Å². The molecule has 0 unspecified atom stereocenters. The first-order valence-electron chi connectivity index (χ1n) is 4.78. The molecule has 1 aliphatic rings. The molecule has 1 aliphatic heterocycles. The Labute approximate surface area is 83.5 Å². The minimum absolute atomic E-state index is 1.22. The lowest BCUT2D eigenvalue weighted by Gasteiger charge is -2.24. The van der Waals surface area contributed by atoms with Gasteiger partial charge in [-0.1, -0.05) is 6.42 Å². The Balaban J connectivity index is 1.90. The molecule has 3 heteroatoms. The number of pyridine rings is 1. The molecule has 0 radical (unpaired) electrons. The zero-order chi connectivity index (χ0) is 8.93. The van der Waals surface area contributed by atoms with Gasteiger partial charge in [0.25, 0.3) is 0 Å². The Morgan fingerprint density at radius 3 is 2.77 bits per heavy atom. The standard InChI is InChI=1S/C10H14N2S/c1-2-7-12(8-3-1)13-10-5-4-6-11-9-10/h4-6,9H,1-3,7-8H2. The maximum atomic E-state index is 4.10. The summed E-state index contributed by atoms with van der Waals surface area (Å²) in [5.41, 5.74) is 0. The smallest absolute Gasteiger partial charge is 0.0417 e. The molecule has 0 aliphatic carbocycles. The molecule has 1 fully saturated rings. The first-order valence-corrected chi connectivity index (χ1v) is 5.55. The van der Waals surface area contributed by atoms with Crippen molar-refractivity contribution in [3.8, 4) is 0 Å². The average molecular weight is 194 g/mol. The zero-order valence-corrected chi connectivity index (χ0v) is 8.46. The predicted molar refractivity (Wildman–Crippen MR) is 55.5 cm³/mol. The summed E-state index contributed by atoms with van der Waals surface area (Å²) in [4.78, 5) is 5.36. The van der Waals surface area contributed by atoms with Gasteiger partial charge in [0.1, 0.15) is 0 Å². The van der Waals surface area contributed by atoms with E-state index in [2.05, 4.69) is 15.4 Å². The highest BCUT2D eigenvalue weighted by Gasteiger charge is 2.10. The van der Waals surface area contributed by atoms with E-state index in [1.165, 1.54) is 37.2 Å². The van der Waals surface area contributed by atoms with Crippen molar-refractivity contribution in [2.24, 2.45) is 0 Å². The molecule has 1 aromatic rings. The van der Waals surface area contributed by atoms with E-state index in [0.717, 1.165) is 0 Å². The third kappa shape index (κ3) is 2.71. The Hall–Kier alpha value is -0.540. The Bertz CT molecular complexity index is 244. The van der Waals surface area contributed by atoms with E-state index in [4.69, 9.17) is 0 Å². The quantitative estimate of drug-likeness (QED) is 0.673. The third-order valence-electron chi connectivity index (χ3n) is 2.18. The zero-order valence-electron chi connectivity index (χ0n) is 7.65. The van der Waals surface area contributed by atoms with Crippen molar-refractivity contribution in [2.45, 2.75) is 24.2 Å². The Kier molecular flexibility index (Phi) is 3.22. The van der Waals surface area contributed by atoms with E-state index < -0.39 is 0 Å². The number of hydrogen-bond acceptors (Lipinski definition) is 3. The van der Waals surface area contributed by atoms with Gasteiger partial charge in [0.2, 0.25) is 0 Å². The molecule has 0 saturated carbocycles. The second-order valence-corrected chi connectivity index (χ2v) is 4.44. The van der Waals surface area contributed by atoms with Crippen LogP contribution in [-0.4, -0.2) is 22.4 Å². The Morgan fingerprint density at radius 2 is 2.08 bits per heavy atom. The molecule has 2 nitrogen and oxygen atoms in total. The van der Waals surface area contributed by atoms with E-state index in [1.807, 2.05) is 30.4 Å². The SMILES string of the molecule is c1cncc(SN2CCCCC2)c1. The largest absolute Gasteiger partial charge is 0.264 e. The number of hydrogen-bond donors (Lipinski definition) is 0. The van der Waals surface area contributed by atoms with Crippen molar-refractivity contribution in [3.63, 3.8) is 0 Å². The van der Waals surface area contributed by atoms with Gasteiger partial charge in [-0.15, -0.1) is 0 Å². The van der Waals surface area contributed by atoms with Crippen LogP contribution in [0.3, 0.4) is 0 Å². The Morgan fingerprint density at radius 1 is 1.23 bits per heavy atom. The topological polar surface area (TPSA) is 16.1 Å². The van der Waals surface area contributed by atoms with Crippen molar-refractivity contribution >= 4 is 11.9 Å². The average Bonchev–Trinajstić information content (AvgIpc) is 2.21. The molecule has 0 amide bonds. The van der Waals surface area contributed by atoms with Crippen LogP contribution >= 0.6 is 11.9 Å². The van der Waals surface area contributed by atoms with Crippen LogP contribution in [0.25, 0.3) is 0 Å². The molecular formula is C10H14N2S. The molecule has 2 heterocycles. The third-order valence-corrected chi connectivity index (χ3v) is 3.26. The van der Waals surface area contributed by atoms with Crippen molar-refractivity contribution in [1.29, 1.82) is 0 Å². The van der Waals surface area contributed by atoms with Crippen LogP contribution in [0.2, 0.25) is 0 Å². The highest BCUT2D eigenvalue weighted by atomic mass is 32.2.